The van der Waals surface area contributed by atoms with Crippen molar-refractivity contribution < 1.29 is 17.7 Å². The number of anilines is 1. The van der Waals surface area contributed by atoms with Crippen molar-refractivity contribution in [2.75, 3.05) is 5.73 Å². The molecule has 0 radical (unpaired) electrons. The van der Waals surface area contributed by atoms with E-state index in [0.717, 1.165) is 12.1 Å². The van der Waals surface area contributed by atoms with Gasteiger partial charge < -0.3 is 10.3 Å². The average Bonchev–Trinajstić information content (AvgIpc) is 2.85. The van der Waals surface area contributed by atoms with Crippen molar-refractivity contribution in [3.63, 3.8) is 0 Å². The summed E-state index contributed by atoms with van der Waals surface area (Å²) in [6.45, 7) is 3.88. The van der Waals surface area contributed by atoms with Crippen molar-refractivity contribution in [2.24, 2.45) is 0 Å². The standard InChI is InChI=1S/C13H14F3N3OS/c1-7(2)12-18-11(20-19-12)6-21-10-4-3-8(5-9(10)17)13(14,15)16/h3-5,7H,6,17H2,1-2H3. The SMILES string of the molecule is CC(C)c1noc(CSc2ccc(C(F)(F)F)cc2N)n1. The lowest BCUT2D eigenvalue weighted by Crippen LogP contribution is -2.05. The number of thioether (sulfide) groups is 1. The number of benzene rings is 1. The quantitative estimate of drug-likeness (QED) is 0.680. The number of hydrogen-bond donors (Lipinski definition) is 1. The number of alkyl halides is 3. The summed E-state index contributed by atoms with van der Waals surface area (Å²) in [6, 6.07) is 3.28. The fourth-order valence-electron chi connectivity index (χ4n) is 1.56. The Kier molecular flexibility index (Phi) is 4.46. The van der Waals surface area contributed by atoms with E-state index in [1.165, 1.54) is 17.8 Å². The van der Waals surface area contributed by atoms with Crippen LogP contribution in [0.15, 0.2) is 27.6 Å². The molecule has 114 valence electrons. The van der Waals surface area contributed by atoms with E-state index in [9.17, 15) is 13.2 Å². The number of halogens is 3. The highest BCUT2D eigenvalue weighted by atomic mass is 32.2. The number of nitrogens with two attached hydrogens (primary N) is 1. The minimum atomic E-state index is -4.39. The van der Waals surface area contributed by atoms with E-state index in [-0.39, 0.29) is 11.6 Å². The average molecular weight is 317 g/mol. The number of nitrogens with zero attached hydrogens (tertiary/aromatic N) is 2. The molecule has 2 aromatic rings. The Hall–Kier alpha value is -1.70. The second kappa shape index (κ2) is 5.97. The molecular weight excluding hydrogens is 303 g/mol. The van der Waals surface area contributed by atoms with Gasteiger partial charge in [0.15, 0.2) is 5.82 Å². The lowest BCUT2D eigenvalue weighted by atomic mass is 10.2. The van der Waals surface area contributed by atoms with Gasteiger partial charge in [-0.15, -0.1) is 11.8 Å². The van der Waals surface area contributed by atoms with Gasteiger partial charge in [-0.1, -0.05) is 19.0 Å². The maximum Gasteiger partial charge on any atom is 0.416 e. The highest BCUT2D eigenvalue weighted by molar-refractivity contribution is 7.98. The van der Waals surface area contributed by atoms with Gasteiger partial charge in [-0.2, -0.15) is 18.2 Å². The summed E-state index contributed by atoms with van der Waals surface area (Å²) >= 11 is 1.26. The second-order valence-corrected chi connectivity index (χ2v) is 5.76. The third-order valence-corrected chi connectivity index (χ3v) is 3.76. The fourth-order valence-corrected chi connectivity index (χ4v) is 2.34. The summed E-state index contributed by atoms with van der Waals surface area (Å²) in [5.41, 5.74) is 4.97. The van der Waals surface area contributed by atoms with Crippen molar-refractivity contribution in [1.29, 1.82) is 0 Å². The van der Waals surface area contributed by atoms with Crippen molar-refractivity contribution in [2.45, 2.75) is 36.6 Å². The molecule has 0 atom stereocenters. The Morgan fingerprint density at radius 3 is 2.57 bits per heavy atom. The van der Waals surface area contributed by atoms with Crippen LogP contribution in [0.1, 0.15) is 37.0 Å². The number of nitrogen functional groups attached to an aromatic ring is 1. The van der Waals surface area contributed by atoms with Crippen LogP contribution in [0, 0.1) is 0 Å². The molecule has 1 aromatic carbocycles. The fraction of sp³-hybridized carbons (Fsp3) is 0.385. The molecule has 0 aliphatic heterocycles. The zero-order valence-electron chi connectivity index (χ0n) is 11.4. The van der Waals surface area contributed by atoms with Crippen molar-refractivity contribution in [3.05, 3.63) is 35.5 Å². The van der Waals surface area contributed by atoms with Gasteiger partial charge in [-0.3, -0.25) is 0 Å². The van der Waals surface area contributed by atoms with Crippen LogP contribution in [0.25, 0.3) is 0 Å². The normalized spacial score (nSPS) is 12.1. The van der Waals surface area contributed by atoms with Gasteiger partial charge in [-0.05, 0) is 18.2 Å². The molecule has 2 rings (SSSR count). The molecule has 0 aliphatic rings. The molecule has 0 saturated heterocycles. The van der Waals surface area contributed by atoms with Crippen LogP contribution in [0.4, 0.5) is 18.9 Å². The molecule has 0 saturated carbocycles. The van der Waals surface area contributed by atoms with Gasteiger partial charge in [-0.25, -0.2) is 0 Å². The van der Waals surface area contributed by atoms with Crippen LogP contribution in [0.3, 0.4) is 0 Å². The van der Waals surface area contributed by atoms with E-state index in [1.807, 2.05) is 13.8 Å². The summed E-state index contributed by atoms with van der Waals surface area (Å²) in [6.07, 6.45) is -4.39. The monoisotopic (exact) mass is 317 g/mol. The third-order valence-electron chi connectivity index (χ3n) is 2.69. The second-order valence-electron chi connectivity index (χ2n) is 4.74. The largest absolute Gasteiger partial charge is 0.416 e. The summed E-state index contributed by atoms with van der Waals surface area (Å²) in [4.78, 5) is 4.74. The summed E-state index contributed by atoms with van der Waals surface area (Å²) in [5, 5.41) is 3.82. The minimum absolute atomic E-state index is 0.0819. The van der Waals surface area contributed by atoms with Gasteiger partial charge in [0.25, 0.3) is 0 Å². The zero-order valence-corrected chi connectivity index (χ0v) is 12.3. The van der Waals surface area contributed by atoms with E-state index < -0.39 is 11.7 Å². The van der Waals surface area contributed by atoms with E-state index in [0.29, 0.717) is 22.4 Å². The minimum Gasteiger partial charge on any atom is -0.398 e. The molecular formula is C13H14F3N3OS. The molecule has 8 heteroatoms. The molecule has 21 heavy (non-hydrogen) atoms. The van der Waals surface area contributed by atoms with Crippen LogP contribution in [-0.4, -0.2) is 10.1 Å². The molecule has 0 fully saturated rings. The maximum atomic E-state index is 12.5. The number of hydrogen-bond acceptors (Lipinski definition) is 5. The van der Waals surface area contributed by atoms with Crippen LogP contribution in [0.2, 0.25) is 0 Å². The van der Waals surface area contributed by atoms with Crippen molar-refractivity contribution >= 4 is 17.4 Å². The Morgan fingerprint density at radius 1 is 1.33 bits per heavy atom. The van der Waals surface area contributed by atoms with E-state index >= 15 is 0 Å². The van der Waals surface area contributed by atoms with E-state index in [1.54, 1.807) is 0 Å². The van der Waals surface area contributed by atoms with Crippen LogP contribution >= 0.6 is 11.8 Å². The number of rotatable bonds is 4. The van der Waals surface area contributed by atoms with Crippen LogP contribution < -0.4 is 5.73 Å². The first kappa shape index (κ1) is 15.7. The zero-order chi connectivity index (χ0) is 15.6. The van der Waals surface area contributed by atoms with Gasteiger partial charge >= 0.3 is 6.18 Å². The predicted molar refractivity (Wildman–Crippen MR) is 73.8 cm³/mol. The number of aromatic nitrogens is 2. The molecule has 0 amide bonds. The van der Waals surface area contributed by atoms with Gasteiger partial charge in [0, 0.05) is 16.5 Å². The van der Waals surface area contributed by atoms with E-state index in [2.05, 4.69) is 10.1 Å². The smallest absolute Gasteiger partial charge is 0.398 e. The van der Waals surface area contributed by atoms with Gasteiger partial charge in [0.2, 0.25) is 5.89 Å². The molecule has 0 unspecified atom stereocenters. The third kappa shape index (κ3) is 3.90. The topological polar surface area (TPSA) is 64.9 Å². The summed E-state index contributed by atoms with van der Waals surface area (Å²) in [7, 11) is 0. The van der Waals surface area contributed by atoms with Crippen LogP contribution in [-0.2, 0) is 11.9 Å². The lowest BCUT2D eigenvalue weighted by Gasteiger charge is -2.09. The Balaban J connectivity index is 2.06. The van der Waals surface area contributed by atoms with Crippen molar-refractivity contribution in [1.82, 2.24) is 10.1 Å². The molecule has 0 spiro atoms. The van der Waals surface area contributed by atoms with Gasteiger partial charge in [0.05, 0.1) is 11.3 Å². The predicted octanol–water partition coefficient (Wildman–Crippen LogP) is 4.09. The molecule has 0 bridgehead atoms. The van der Waals surface area contributed by atoms with Crippen LogP contribution in [0.5, 0.6) is 0 Å². The van der Waals surface area contributed by atoms with Crippen molar-refractivity contribution in [3.8, 4) is 0 Å². The first-order valence-corrected chi connectivity index (χ1v) is 7.18. The summed E-state index contributed by atoms with van der Waals surface area (Å²) in [5.74, 6) is 1.53. The maximum absolute atomic E-state index is 12.5. The Labute approximate surface area is 123 Å². The Morgan fingerprint density at radius 2 is 2.05 bits per heavy atom. The molecule has 2 N–H and O–H groups in total. The molecule has 0 aliphatic carbocycles. The first-order chi connectivity index (χ1) is 9.77. The molecule has 1 heterocycles. The first-order valence-electron chi connectivity index (χ1n) is 6.19. The Bertz CT molecular complexity index is 625. The van der Waals surface area contributed by atoms with Gasteiger partial charge in [0.1, 0.15) is 0 Å². The summed E-state index contributed by atoms with van der Waals surface area (Å²) < 4.78 is 42.7. The molecule has 4 nitrogen and oxygen atoms in total. The molecule has 1 aromatic heterocycles. The highest BCUT2D eigenvalue weighted by Gasteiger charge is 2.30. The highest BCUT2D eigenvalue weighted by Crippen LogP contribution is 2.35. The lowest BCUT2D eigenvalue weighted by molar-refractivity contribution is -0.137. The van der Waals surface area contributed by atoms with E-state index in [4.69, 9.17) is 10.3 Å².